The first-order chi connectivity index (χ1) is 12.9. The van der Waals surface area contributed by atoms with Crippen LogP contribution in [-0.2, 0) is 15.8 Å². The fraction of sp³-hybridized carbons (Fsp3) is 0.438. The Morgan fingerprint density at radius 2 is 1.93 bits per heavy atom. The average molecular weight is 408 g/mol. The normalized spacial score (nSPS) is 20.0. The number of aromatic nitrogens is 1. The highest BCUT2D eigenvalue weighted by molar-refractivity contribution is 6.05. The quantitative estimate of drug-likeness (QED) is 0.556. The molecule has 1 saturated heterocycles. The van der Waals surface area contributed by atoms with Gasteiger partial charge in [-0.25, -0.2) is 4.98 Å². The number of amides is 2. The van der Waals surface area contributed by atoms with Crippen LogP contribution < -0.4 is 9.80 Å². The third kappa shape index (κ3) is 3.62. The summed E-state index contributed by atoms with van der Waals surface area (Å²) in [6.07, 6.45) is -8.15. The van der Waals surface area contributed by atoms with Crippen molar-refractivity contribution in [2.75, 3.05) is 36.0 Å². The van der Waals surface area contributed by atoms with Crippen molar-refractivity contribution in [1.82, 2.24) is 9.88 Å². The monoisotopic (exact) mass is 408 g/mol. The van der Waals surface area contributed by atoms with Crippen molar-refractivity contribution in [2.45, 2.75) is 18.4 Å². The minimum absolute atomic E-state index is 0.0290. The van der Waals surface area contributed by atoms with Gasteiger partial charge in [0.25, 0.3) is 5.91 Å². The highest BCUT2D eigenvalue weighted by Gasteiger charge is 2.47. The van der Waals surface area contributed by atoms with Crippen LogP contribution >= 0.6 is 0 Å². The summed E-state index contributed by atoms with van der Waals surface area (Å²) >= 11 is 0. The van der Waals surface area contributed by atoms with Gasteiger partial charge in [0.2, 0.25) is 5.91 Å². The Labute approximate surface area is 155 Å². The Bertz CT molecular complexity index is 822. The van der Waals surface area contributed by atoms with Crippen molar-refractivity contribution in [3.05, 3.63) is 30.5 Å². The van der Waals surface area contributed by atoms with Gasteiger partial charge in [-0.15, -0.1) is 0 Å². The van der Waals surface area contributed by atoms with Crippen LogP contribution in [0.3, 0.4) is 0 Å². The first kappa shape index (κ1) is 20.0. The maximum atomic E-state index is 13.0. The Hall–Kier alpha value is -2.79. The van der Waals surface area contributed by atoms with Gasteiger partial charge in [0, 0.05) is 19.3 Å². The Kier molecular flexibility index (Phi) is 4.76. The summed E-state index contributed by atoms with van der Waals surface area (Å²) < 4.78 is 78.0. The summed E-state index contributed by atoms with van der Waals surface area (Å²) in [6.45, 7) is 1.49. The molecule has 12 heteroatoms. The predicted molar refractivity (Wildman–Crippen MR) is 85.6 cm³/mol. The summed E-state index contributed by atoms with van der Waals surface area (Å²) in [5, 5.41) is 0. The van der Waals surface area contributed by atoms with Crippen LogP contribution in [0.2, 0.25) is 0 Å². The average Bonchev–Trinajstić information content (AvgIpc) is 2.62. The summed E-state index contributed by atoms with van der Waals surface area (Å²) in [6, 6.07) is -0.694. The third-order valence-electron chi connectivity index (χ3n) is 4.49. The number of anilines is 2. The van der Waals surface area contributed by atoms with E-state index in [1.165, 1.54) is 9.80 Å². The van der Waals surface area contributed by atoms with Crippen LogP contribution in [0.5, 0.6) is 0 Å². The smallest absolute Gasteiger partial charge is 0.339 e. The first-order valence-electron chi connectivity index (χ1n) is 8.05. The minimum atomic E-state index is -4.84. The first-order valence-corrected chi connectivity index (χ1v) is 8.05. The lowest BCUT2D eigenvalue weighted by Crippen LogP contribution is -2.64. The van der Waals surface area contributed by atoms with Crippen molar-refractivity contribution in [2.24, 2.45) is 0 Å². The third-order valence-corrected chi connectivity index (χ3v) is 4.49. The standard InChI is InChI=1S/C16H14F6N4O2/c1-2-12(27)24-3-4-25-11(7-24)14(28)26(8-15(17,18)19)10-5-9(16(20,21)22)6-23-13(10)25/h2,5-6,11H,1,3-4,7-8H2/t11-/m1/s1. The largest absolute Gasteiger partial charge is 0.417 e. The second-order valence-corrected chi connectivity index (χ2v) is 6.30. The molecular weight excluding hydrogens is 394 g/mol. The molecule has 0 aliphatic carbocycles. The van der Waals surface area contributed by atoms with E-state index in [9.17, 15) is 35.9 Å². The molecule has 6 nitrogen and oxygen atoms in total. The molecule has 2 amide bonds. The van der Waals surface area contributed by atoms with E-state index in [0.717, 1.165) is 6.08 Å². The number of halogens is 6. The molecule has 0 radical (unpaired) electrons. The van der Waals surface area contributed by atoms with Gasteiger partial charge in [0.1, 0.15) is 12.6 Å². The fourth-order valence-electron chi connectivity index (χ4n) is 3.24. The molecule has 1 fully saturated rings. The van der Waals surface area contributed by atoms with Crippen LogP contribution in [-0.4, -0.2) is 60.1 Å². The molecule has 0 unspecified atom stereocenters. The molecule has 0 spiro atoms. The summed E-state index contributed by atoms with van der Waals surface area (Å²) in [5.74, 6) is -1.71. The number of alkyl halides is 6. The van der Waals surface area contributed by atoms with Crippen molar-refractivity contribution in [3.63, 3.8) is 0 Å². The van der Waals surface area contributed by atoms with Crippen LogP contribution in [0.4, 0.5) is 37.8 Å². The lowest BCUT2D eigenvalue weighted by atomic mass is 10.0. The van der Waals surface area contributed by atoms with Gasteiger partial charge >= 0.3 is 12.4 Å². The lowest BCUT2D eigenvalue weighted by molar-refractivity contribution is -0.138. The highest BCUT2D eigenvalue weighted by atomic mass is 19.4. The van der Waals surface area contributed by atoms with Crippen molar-refractivity contribution < 1.29 is 35.9 Å². The molecule has 3 heterocycles. The molecule has 0 N–H and O–H groups in total. The number of hydrogen-bond donors (Lipinski definition) is 0. The molecule has 0 saturated carbocycles. The maximum Gasteiger partial charge on any atom is 0.417 e. The number of carbonyl (C=O) groups excluding carboxylic acids is 2. The van der Waals surface area contributed by atoms with Crippen molar-refractivity contribution in [3.8, 4) is 0 Å². The number of rotatable bonds is 2. The molecule has 1 atom stereocenters. The van der Waals surface area contributed by atoms with Crippen molar-refractivity contribution in [1.29, 1.82) is 0 Å². The number of pyridine rings is 1. The van der Waals surface area contributed by atoms with E-state index in [-0.39, 0.29) is 30.4 Å². The second kappa shape index (κ2) is 6.67. The summed E-state index contributed by atoms with van der Waals surface area (Å²) in [4.78, 5) is 31.1. The van der Waals surface area contributed by atoms with Gasteiger partial charge in [-0.1, -0.05) is 6.58 Å². The number of piperazine rings is 1. The Morgan fingerprint density at radius 1 is 1.25 bits per heavy atom. The number of nitrogens with zero attached hydrogens (tertiary/aromatic N) is 4. The Morgan fingerprint density at radius 3 is 2.50 bits per heavy atom. The molecule has 2 aliphatic rings. The van der Waals surface area contributed by atoms with Gasteiger partial charge in [-0.2, -0.15) is 26.3 Å². The van der Waals surface area contributed by atoms with Gasteiger partial charge in [0.15, 0.2) is 5.82 Å². The zero-order valence-electron chi connectivity index (χ0n) is 14.2. The number of fused-ring (bicyclic) bond motifs is 3. The summed E-state index contributed by atoms with van der Waals surface area (Å²) in [7, 11) is 0. The van der Waals surface area contributed by atoms with Crippen LogP contribution in [0.15, 0.2) is 24.9 Å². The molecule has 0 bridgehead atoms. The SMILES string of the molecule is C=CC(=O)N1CCN2c3ncc(C(F)(F)F)cc3N(CC(F)(F)F)C(=O)[C@H]2C1. The fourth-order valence-corrected chi connectivity index (χ4v) is 3.24. The van der Waals surface area contributed by atoms with Gasteiger partial charge < -0.3 is 9.80 Å². The molecule has 0 aromatic carbocycles. The van der Waals surface area contributed by atoms with E-state index in [0.29, 0.717) is 12.3 Å². The molecule has 28 heavy (non-hydrogen) atoms. The van der Waals surface area contributed by atoms with E-state index in [1.807, 2.05) is 0 Å². The van der Waals surface area contributed by atoms with E-state index < -0.39 is 48.0 Å². The molecule has 1 aromatic heterocycles. The predicted octanol–water partition coefficient (Wildman–Crippen LogP) is 2.21. The van der Waals surface area contributed by atoms with Crippen LogP contribution in [0.25, 0.3) is 0 Å². The zero-order valence-corrected chi connectivity index (χ0v) is 14.2. The molecule has 152 valence electrons. The second-order valence-electron chi connectivity index (χ2n) is 6.30. The summed E-state index contributed by atoms with van der Waals surface area (Å²) in [5.41, 5.74) is -1.82. The highest BCUT2D eigenvalue weighted by Crippen LogP contribution is 2.41. The van der Waals surface area contributed by atoms with E-state index >= 15 is 0 Å². The van der Waals surface area contributed by atoms with Gasteiger partial charge in [0.05, 0.1) is 17.8 Å². The van der Waals surface area contributed by atoms with E-state index in [1.54, 1.807) is 0 Å². The zero-order chi connectivity index (χ0) is 20.9. The van der Waals surface area contributed by atoms with Crippen LogP contribution in [0.1, 0.15) is 5.56 Å². The van der Waals surface area contributed by atoms with Gasteiger partial charge in [-0.3, -0.25) is 14.5 Å². The number of hydrogen-bond acceptors (Lipinski definition) is 4. The van der Waals surface area contributed by atoms with E-state index in [2.05, 4.69) is 11.6 Å². The molecule has 1 aromatic rings. The van der Waals surface area contributed by atoms with Crippen molar-refractivity contribution >= 4 is 23.3 Å². The minimum Gasteiger partial charge on any atom is -0.339 e. The van der Waals surface area contributed by atoms with E-state index in [4.69, 9.17) is 0 Å². The van der Waals surface area contributed by atoms with Gasteiger partial charge in [-0.05, 0) is 12.1 Å². The molecule has 2 aliphatic heterocycles. The lowest BCUT2D eigenvalue weighted by Gasteiger charge is -2.47. The maximum absolute atomic E-state index is 13.0. The molecular formula is C16H14F6N4O2. The Balaban J connectivity index is 2.07. The van der Waals surface area contributed by atoms with Crippen LogP contribution in [0, 0.1) is 0 Å². The number of carbonyl (C=O) groups is 2. The molecule has 3 rings (SSSR count). The topological polar surface area (TPSA) is 56.8 Å².